The number of hydrogen-bond acceptors (Lipinski definition) is 11. The van der Waals surface area contributed by atoms with Crippen molar-refractivity contribution in [2.24, 2.45) is 5.92 Å². The molecule has 1 unspecified atom stereocenters. The standard InChI is InChI=1S/C45H48F4N12O5/c1-25-16-27(4-5-34(25)60-24-29(20-52-60)39(63)50-21-37-53-43(56-55-37)44(2,3)45(47,48)49)28-19-51-59(23-28)22-26-8-12-57(13-9-26)30-10-14-58(15-11-30)36-18-32-31(17-33(36)46)41(65)61(42(32)66)35-6-7-38(62)54-40(35)64/h4-5,16-20,23-24,26,30,35H,6-15,21-22H2,1-3H3,(H,50,63)(H,53,55,56)(H,54,62,64). The van der Waals surface area contributed by atoms with Crippen LogP contribution >= 0.6 is 0 Å². The number of alkyl halides is 3. The van der Waals surface area contributed by atoms with Gasteiger partial charge in [-0.05, 0) is 107 Å². The number of H-pyrrole nitrogens is 1. The van der Waals surface area contributed by atoms with Gasteiger partial charge in [0.25, 0.3) is 17.7 Å². The molecule has 4 aliphatic rings. The number of fused-ring (bicyclic) bond motifs is 1. The van der Waals surface area contributed by atoms with E-state index in [1.54, 1.807) is 10.9 Å². The Morgan fingerprint density at radius 1 is 0.864 bits per heavy atom. The molecule has 346 valence electrons. The molecule has 3 N–H and O–H groups in total. The van der Waals surface area contributed by atoms with E-state index in [0.717, 1.165) is 92.5 Å². The van der Waals surface area contributed by atoms with Crippen molar-refractivity contribution in [3.63, 3.8) is 0 Å². The maximum absolute atomic E-state index is 15.5. The second-order valence-corrected chi connectivity index (χ2v) is 18.0. The first kappa shape index (κ1) is 44.4. The number of nitrogens with zero attached hydrogens (tertiary/aromatic N) is 9. The molecule has 9 rings (SSSR count). The predicted molar refractivity (Wildman–Crippen MR) is 229 cm³/mol. The van der Waals surface area contributed by atoms with Gasteiger partial charge in [0, 0.05) is 50.1 Å². The van der Waals surface area contributed by atoms with E-state index in [4.69, 9.17) is 0 Å². The number of piperidine rings is 3. The van der Waals surface area contributed by atoms with Crippen molar-refractivity contribution in [3.8, 4) is 16.8 Å². The van der Waals surface area contributed by atoms with E-state index < -0.39 is 58.8 Å². The Morgan fingerprint density at radius 2 is 1.59 bits per heavy atom. The third kappa shape index (κ3) is 8.46. The second-order valence-electron chi connectivity index (χ2n) is 18.0. The highest BCUT2D eigenvalue weighted by molar-refractivity contribution is 6.23. The molecule has 3 fully saturated rings. The summed E-state index contributed by atoms with van der Waals surface area (Å²) in [6, 6.07) is 7.66. The minimum atomic E-state index is -4.54. The van der Waals surface area contributed by atoms with Gasteiger partial charge in [-0.2, -0.15) is 28.5 Å². The lowest BCUT2D eigenvalue weighted by Gasteiger charge is -2.42. The number of aromatic nitrogens is 7. The first-order valence-corrected chi connectivity index (χ1v) is 21.9. The summed E-state index contributed by atoms with van der Waals surface area (Å²) in [5.41, 5.74) is 1.88. The number of amides is 5. The summed E-state index contributed by atoms with van der Waals surface area (Å²) in [6.45, 7) is 7.61. The van der Waals surface area contributed by atoms with Gasteiger partial charge in [0.05, 0.1) is 47.0 Å². The average Bonchev–Trinajstić information content (AvgIpc) is 4.11. The molecule has 21 heteroatoms. The van der Waals surface area contributed by atoms with Crippen molar-refractivity contribution in [2.75, 3.05) is 31.1 Å². The third-order valence-electron chi connectivity index (χ3n) is 13.4. The van der Waals surface area contributed by atoms with Gasteiger partial charge in [-0.3, -0.25) is 44.0 Å². The van der Waals surface area contributed by atoms with E-state index in [2.05, 4.69) is 40.9 Å². The largest absolute Gasteiger partial charge is 0.401 e. The number of likely N-dealkylation sites (tertiary alicyclic amines) is 1. The Balaban J connectivity index is 0.742. The number of nitrogens with one attached hydrogen (secondary N) is 3. The number of aryl methyl sites for hydroxylation is 1. The van der Waals surface area contributed by atoms with Crippen LogP contribution in [0.15, 0.2) is 55.1 Å². The fraction of sp³-hybridized carbons (Fsp3) is 0.444. The molecule has 66 heavy (non-hydrogen) atoms. The highest BCUT2D eigenvalue weighted by Gasteiger charge is 2.51. The number of anilines is 1. The Labute approximate surface area is 375 Å². The van der Waals surface area contributed by atoms with Crippen LogP contribution < -0.4 is 15.5 Å². The molecule has 2 aromatic carbocycles. The van der Waals surface area contributed by atoms with E-state index in [1.165, 1.54) is 12.3 Å². The molecule has 0 aliphatic carbocycles. The second kappa shape index (κ2) is 17.2. The zero-order chi connectivity index (χ0) is 46.7. The maximum atomic E-state index is 15.5. The lowest BCUT2D eigenvalue weighted by molar-refractivity contribution is -0.182. The number of rotatable bonds is 11. The molecular weight excluding hydrogens is 865 g/mol. The smallest absolute Gasteiger partial charge is 0.369 e. The van der Waals surface area contributed by atoms with E-state index in [9.17, 15) is 37.1 Å². The highest BCUT2D eigenvalue weighted by atomic mass is 19.4. The highest BCUT2D eigenvalue weighted by Crippen LogP contribution is 2.39. The first-order chi connectivity index (χ1) is 31.4. The molecule has 4 aliphatic heterocycles. The first-order valence-electron chi connectivity index (χ1n) is 21.9. The van der Waals surface area contributed by atoms with Crippen LogP contribution in [0.25, 0.3) is 16.8 Å². The maximum Gasteiger partial charge on any atom is 0.401 e. The topological polar surface area (TPSA) is 196 Å². The monoisotopic (exact) mass is 912 g/mol. The molecule has 5 aromatic rings. The Hall–Kier alpha value is -6.77. The van der Waals surface area contributed by atoms with Gasteiger partial charge in [-0.25, -0.2) is 14.1 Å². The van der Waals surface area contributed by atoms with Crippen LogP contribution in [0.4, 0.5) is 23.2 Å². The molecule has 0 bridgehead atoms. The van der Waals surface area contributed by atoms with Crippen LogP contribution in [0.1, 0.15) is 101 Å². The molecule has 17 nitrogen and oxygen atoms in total. The van der Waals surface area contributed by atoms with Crippen molar-refractivity contribution < 1.29 is 41.5 Å². The van der Waals surface area contributed by atoms with Gasteiger partial charge in [0.2, 0.25) is 11.8 Å². The van der Waals surface area contributed by atoms with Crippen molar-refractivity contribution in [2.45, 2.75) is 96.1 Å². The Bertz CT molecular complexity index is 2730. The number of benzene rings is 2. The SMILES string of the molecule is Cc1cc(-c2cnn(CC3CCN(C4CCN(c5cc6c(cc5F)C(=O)N(C5CCC(=O)NC5=O)C6=O)CC4)CC3)c2)ccc1-n1cc(C(=O)NCc2nc(C(C)(C)C(F)(F)F)n[nH]2)cn1. The van der Waals surface area contributed by atoms with E-state index >= 15 is 4.39 Å². The Morgan fingerprint density at radius 3 is 2.29 bits per heavy atom. The number of aromatic amines is 1. The van der Waals surface area contributed by atoms with Gasteiger partial charge < -0.3 is 15.1 Å². The summed E-state index contributed by atoms with van der Waals surface area (Å²) in [6.07, 6.45) is 6.03. The predicted octanol–water partition coefficient (Wildman–Crippen LogP) is 4.85. The van der Waals surface area contributed by atoms with Gasteiger partial charge in [0.1, 0.15) is 23.1 Å². The third-order valence-corrected chi connectivity index (χ3v) is 13.4. The summed E-state index contributed by atoms with van der Waals surface area (Å²) in [5, 5.41) is 20.0. The summed E-state index contributed by atoms with van der Waals surface area (Å²) in [7, 11) is 0. The summed E-state index contributed by atoms with van der Waals surface area (Å²) in [5.74, 6) is -3.50. The average molecular weight is 913 g/mol. The zero-order valence-electron chi connectivity index (χ0n) is 36.5. The van der Waals surface area contributed by atoms with Crippen molar-refractivity contribution in [3.05, 3.63) is 94.8 Å². The number of hydrogen-bond donors (Lipinski definition) is 3. The Kier molecular flexibility index (Phi) is 11.6. The fourth-order valence-electron chi connectivity index (χ4n) is 9.28. The van der Waals surface area contributed by atoms with Crippen molar-refractivity contribution >= 4 is 35.2 Å². The van der Waals surface area contributed by atoms with Crippen molar-refractivity contribution in [1.82, 2.24) is 55.2 Å². The summed E-state index contributed by atoms with van der Waals surface area (Å²) in [4.78, 5) is 72.7. The minimum Gasteiger partial charge on any atom is -0.369 e. The molecule has 1 atom stereocenters. The molecule has 3 aromatic heterocycles. The number of halogens is 4. The van der Waals surface area contributed by atoms with Gasteiger partial charge >= 0.3 is 6.18 Å². The van der Waals surface area contributed by atoms with Crippen molar-refractivity contribution in [1.29, 1.82) is 0 Å². The van der Waals surface area contributed by atoms with Gasteiger partial charge in [-0.1, -0.05) is 6.07 Å². The molecular formula is C45H48F4N12O5. The van der Waals surface area contributed by atoms with Gasteiger partial charge in [0.15, 0.2) is 5.82 Å². The minimum absolute atomic E-state index is 0.00581. The molecule has 3 saturated heterocycles. The summed E-state index contributed by atoms with van der Waals surface area (Å²) < 4.78 is 59.3. The van der Waals surface area contributed by atoms with Crippen LogP contribution in [-0.2, 0) is 28.1 Å². The van der Waals surface area contributed by atoms with Crippen LogP contribution in [0.5, 0.6) is 0 Å². The molecule has 7 heterocycles. The lowest BCUT2D eigenvalue weighted by Crippen LogP contribution is -2.54. The normalized spacial score (nSPS) is 19.2. The fourth-order valence-corrected chi connectivity index (χ4v) is 9.28. The lowest BCUT2D eigenvalue weighted by atomic mass is 9.92. The quantitative estimate of drug-likeness (QED) is 0.121. The van der Waals surface area contributed by atoms with Crippen LogP contribution in [-0.4, -0.2) is 119 Å². The number of carbonyl (C=O) groups excluding carboxylic acids is 5. The van der Waals surface area contributed by atoms with Gasteiger partial charge in [-0.15, -0.1) is 0 Å². The zero-order valence-corrected chi connectivity index (χ0v) is 36.5. The van der Waals surface area contributed by atoms with E-state index in [0.29, 0.717) is 25.0 Å². The van der Waals surface area contributed by atoms with E-state index in [-0.39, 0.29) is 47.6 Å². The van der Waals surface area contributed by atoms with Crippen LogP contribution in [0, 0.1) is 18.7 Å². The van der Waals surface area contributed by atoms with Crippen LogP contribution in [0.3, 0.4) is 0 Å². The number of carbonyl (C=O) groups is 5. The molecule has 0 radical (unpaired) electrons. The number of imide groups is 2. The summed E-state index contributed by atoms with van der Waals surface area (Å²) >= 11 is 0. The molecule has 0 spiro atoms. The van der Waals surface area contributed by atoms with Crippen LogP contribution in [0.2, 0.25) is 0 Å². The molecule has 5 amide bonds. The molecule has 0 saturated carbocycles. The van der Waals surface area contributed by atoms with E-state index in [1.807, 2.05) is 47.1 Å².